The molecular formula is C23H24S5. The summed E-state index contributed by atoms with van der Waals surface area (Å²) in [5.74, 6) is 1.03. The van der Waals surface area contributed by atoms with Crippen LogP contribution in [0.2, 0.25) is 0 Å². The number of hydrogen-bond acceptors (Lipinski definition) is 5. The van der Waals surface area contributed by atoms with Crippen molar-refractivity contribution in [3.8, 4) is 29.3 Å². The number of thiol groups is 1. The Labute approximate surface area is 189 Å². The lowest BCUT2D eigenvalue weighted by Gasteiger charge is -1.99. The molecule has 0 spiro atoms. The molecule has 0 saturated carbocycles. The summed E-state index contributed by atoms with van der Waals surface area (Å²) >= 11 is 11.9. The van der Waals surface area contributed by atoms with E-state index in [0.717, 1.165) is 5.75 Å². The molecule has 0 nitrogen and oxygen atoms in total. The van der Waals surface area contributed by atoms with E-state index in [1.165, 1.54) is 72.7 Å². The first-order valence-corrected chi connectivity index (χ1v) is 13.7. The summed E-state index contributed by atoms with van der Waals surface area (Å²) in [5.41, 5.74) is 0. The molecule has 0 amide bonds. The van der Waals surface area contributed by atoms with Gasteiger partial charge in [-0.05, 0) is 72.9 Å². The van der Waals surface area contributed by atoms with Crippen LogP contribution in [0, 0.1) is 0 Å². The second-order valence-corrected chi connectivity index (χ2v) is 11.5. The van der Waals surface area contributed by atoms with E-state index in [1.54, 1.807) is 0 Å². The third kappa shape index (κ3) is 5.19. The van der Waals surface area contributed by atoms with Gasteiger partial charge in [0.2, 0.25) is 0 Å². The maximum atomic E-state index is 4.28. The summed E-state index contributed by atoms with van der Waals surface area (Å²) in [5, 5.41) is 2.15. The fourth-order valence-electron chi connectivity index (χ4n) is 3.21. The Hall–Kier alpha value is -0.850. The predicted octanol–water partition coefficient (Wildman–Crippen LogP) is 9.36. The van der Waals surface area contributed by atoms with Gasteiger partial charge in [0, 0.05) is 34.1 Å². The first-order chi connectivity index (χ1) is 13.8. The van der Waals surface area contributed by atoms with Gasteiger partial charge in [0.25, 0.3) is 0 Å². The Bertz CT molecular complexity index is 970. The van der Waals surface area contributed by atoms with Gasteiger partial charge in [-0.25, -0.2) is 0 Å². The highest BCUT2D eigenvalue weighted by molar-refractivity contribution is 7.80. The molecule has 0 saturated heterocycles. The van der Waals surface area contributed by atoms with Gasteiger partial charge in [0.15, 0.2) is 0 Å². The van der Waals surface area contributed by atoms with Crippen molar-refractivity contribution in [3.05, 3.63) is 58.8 Å². The summed E-state index contributed by atoms with van der Waals surface area (Å²) < 4.78 is 0. The standard InChI is InChI=1S/C23H24S5/c24-15-5-3-1-2-4-7-17-9-10-20(26-17)21-13-14-23(28-21)22-12-11-19(27-22)18-8-6-16-25-18/h6,8-14,16,24H,1-5,7,15H2. The Balaban J connectivity index is 1.36. The molecule has 4 rings (SSSR count). The topological polar surface area (TPSA) is 0 Å². The van der Waals surface area contributed by atoms with Gasteiger partial charge in [0.05, 0.1) is 0 Å². The van der Waals surface area contributed by atoms with E-state index >= 15 is 0 Å². The van der Waals surface area contributed by atoms with Crippen molar-refractivity contribution >= 4 is 58.0 Å². The molecule has 0 aromatic carbocycles. The third-order valence-corrected chi connectivity index (χ3v) is 9.79. The Morgan fingerprint density at radius 2 is 1.14 bits per heavy atom. The second kappa shape index (κ2) is 10.3. The van der Waals surface area contributed by atoms with Gasteiger partial charge in [0.1, 0.15) is 0 Å². The van der Waals surface area contributed by atoms with Crippen LogP contribution in [0.15, 0.2) is 53.9 Å². The lowest BCUT2D eigenvalue weighted by molar-refractivity contribution is 0.637. The minimum atomic E-state index is 1.03. The van der Waals surface area contributed by atoms with E-state index in [-0.39, 0.29) is 0 Å². The number of hydrogen-bond donors (Lipinski definition) is 1. The van der Waals surface area contributed by atoms with Crippen molar-refractivity contribution < 1.29 is 0 Å². The molecule has 0 aliphatic heterocycles. The minimum absolute atomic E-state index is 1.03. The molecule has 5 heteroatoms. The molecule has 0 radical (unpaired) electrons. The molecule has 0 N–H and O–H groups in total. The molecule has 0 aliphatic rings. The highest BCUT2D eigenvalue weighted by Crippen LogP contribution is 2.42. The van der Waals surface area contributed by atoms with Crippen LogP contribution < -0.4 is 0 Å². The normalized spacial score (nSPS) is 11.3. The summed E-state index contributed by atoms with van der Waals surface area (Å²) in [7, 11) is 0. The van der Waals surface area contributed by atoms with E-state index < -0.39 is 0 Å². The first kappa shape index (κ1) is 20.4. The molecular weight excluding hydrogens is 437 g/mol. The van der Waals surface area contributed by atoms with Crippen LogP contribution in [0.5, 0.6) is 0 Å². The van der Waals surface area contributed by atoms with Gasteiger partial charge < -0.3 is 0 Å². The lowest BCUT2D eigenvalue weighted by Crippen LogP contribution is -1.83. The average molecular weight is 461 g/mol. The predicted molar refractivity (Wildman–Crippen MR) is 135 cm³/mol. The van der Waals surface area contributed by atoms with Crippen LogP contribution in [0.4, 0.5) is 0 Å². The minimum Gasteiger partial charge on any atom is -0.179 e. The zero-order valence-corrected chi connectivity index (χ0v) is 19.9. The quantitative estimate of drug-likeness (QED) is 0.177. The molecule has 0 bridgehead atoms. The summed E-state index contributed by atoms with van der Waals surface area (Å²) in [4.78, 5) is 9.81. The van der Waals surface area contributed by atoms with Gasteiger partial charge in [-0.1, -0.05) is 25.3 Å². The van der Waals surface area contributed by atoms with E-state index in [9.17, 15) is 0 Å². The fourth-order valence-corrected chi connectivity index (χ4v) is 7.51. The third-order valence-electron chi connectivity index (χ3n) is 4.70. The number of thiophene rings is 4. The monoisotopic (exact) mass is 460 g/mol. The van der Waals surface area contributed by atoms with E-state index in [0.29, 0.717) is 0 Å². The molecule has 0 atom stereocenters. The Morgan fingerprint density at radius 1 is 0.571 bits per heavy atom. The summed E-state index contributed by atoms with van der Waals surface area (Å²) in [6.07, 6.45) is 7.80. The Kier molecular flexibility index (Phi) is 7.48. The largest absolute Gasteiger partial charge is 0.179 e. The fraction of sp³-hybridized carbons (Fsp3) is 0.304. The number of unbranched alkanes of at least 4 members (excludes halogenated alkanes) is 4. The highest BCUT2D eigenvalue weighted by atomic mass is 32.1. The number of aryl methyl sites for hydroxylation is 1. The Morgan fingerprint density at radius 3 is 1.79 bits per heavy atom. The van der Waals surface area contributed by atoms with Gasteiger partial charge in [-0.15, -0.1) is 45.3 Å². The maximum Gasteiger partial charge on any atom is 0.0449 e. The average Bonchev–Trinajstić information content (AvgIpc) is 3.48. The van der Waals surface area contributed by atoms with Crippen molar-refractivity contribution in [2.24, 2.45) is 0 Å². The molecule has 28 heavy (non-hydrogen) atoms. The molecule has 4 aromatic heterocycles. The zero-order valence-electron chi connectivity index (χ0n) is 15.7. The molecule has 0 aliphatic carbocycles. The zero-order chi connectivity index (χ0) is 19.2. The van der Waals surface area contributed by atoms with Crippen molar-refractivity contribution in [3.63, 3.8) is 0 Å². The smallest absolute Gasteiger partial charge is 0.0449 e. The first-order valence-electron chi connectivity index (χ1n) is 9.77. The van der Waals surface area contributed by atoms with Gasteiger partial charge >= 0.3 is 0 Å². The van der Waals surface area contributed by atoms with E-state index in [2.05, 4.69) is 66.5 Å². The summed E-state index contributed by atoms with van der Waals surface area (Å²) in [6, 6.07) is 18.1. The van der Waals surface area contributed by atoms with Crippen molar-refractivity contribution in [2.45, 2.75) is 38.5 Å². The molecule has 4 aromatic rings. The van der Waals surface area contributed by atoms with Crippen molar-refractivity contribution in [1.29, 1.82) is 0 Å². The van der Waals surface area contributed by atoms with Crippen molar-refractivity contribution in [2.75, 3.05) is 5.75 Å². The van der Waals surface area contributed by atoms with Crippen LogP contribution in [-0.4, -0.2) is 5.75 Å². The lowest BCUT2D eigenvalue weighted by atomic mass is 10.1. The SMILES string of the molecule is SCCCCCCCc1ccc(-c2ccc(-c3ccc(-c4cccs4)s3)s2)s1. The summed E-state index contributed by atoms with van der Waals surface area (Å²) in [6.45, 7) is 0. The van der Waals surface area contributed by atoms with Gasteiger partial charge in [-0.2, -0.15) is 12.6 Å². The molecule has 0 unspecified atom stereocenters. The second-order valence-electron chi connectivity index (χ2n) is 6.81. The van der Waals surface area contributed by atoms with Crippen LogP contribution in [0.25, 0.3) is 29.3 Å². The van der Waals surface area contributed by atoms with Crippen LogP contribution >= 0.6 is 58.0 Å². The van der Waals surface area contributed by atoms with Crippen LogP contribution in [-0.2, 0) is 6.42 Å². The molecule has 146 valence electrons. The number of rotatable bonds is 10. The highest BCUT2D eigenvalue weighted by Gasteiger charge is 2.10. The van der Waals surface area contributed by atoms with Crippen LogP contribution in [0.1, 0.15) is 37.0 Å². The molecule has 0 fully saturated rings. The molecule has 4 heterocycles. The van der Waals surface area contributed by atoms with E-state index in [1.807, 2.05) is 45.3 Å². The van der Waals surface area contributed by atoms with Gasteiger partial charge in [-0.3, -0.25) is 0 Å². The maximum absolute atomic E-state index is 4.28. The van der Waals surface area contributed by atoms with Crippen LogP contribution in [0.3, 0.4) is 0 Å². The van der Waals surface area contributed by atoms with E-state index in [4.69, 9.17) is 0 Å². The van der Waals surface area contributed by atoms with Crippen molar-refractivity contribution in [1.82, 2.24) is 0 Å².